The molecule has 0 radical (unpaired) electrons. The van der Waals surface area contributed by atoms with Crippen LogP contribution in [0.15, 0.2) is 24.5 Å². The summed E-state index contributed by atoms with van der Waals surface area (Å²) in [6, 6.07) is 2.08. The summed E-state index contributed by atoms with van der Waals surface area (Å²) in [6.45, 7) is 1.38. The highest BCUT2D eigenvalue weighted by molar-refractivity contribution is 6.31. The molecule has 0 aliphatic carbocycles. The number of aromatic nitrogens is 4. The molecule has 2 aliphatic heterocycles. The number of rotatable bonds is 2. The van der Waals surface area contributed by atoms with Gasteiger partial charge < -0.3 is 10.1 Å². The number of hydrogen-bond donors (Lipinski definition) is 1. The summed E-state index contributed by atoms with van der Waals surface area (Å²) in [4.78, 5) is 22.4. The van der Waals surface area contributed by atoms with Crippen molar-refractivity contribution in [2.45, 2.75) is 24.4 Å². The molecule has 13 heteroatoms. The molecule has 0 spiro atoms. The Labute approximate surface area is 189 Å². The van der Waals surface area contributed by atoms with Crippen LogP contribution in [0.4, 0.5) is 29.3 Å². The summed E-state index contributed by atoms with van der Waals surface area (Å²) >= 11 is 12.2. The highest BCUT2D eigenvalue weighted by atomic mass is 35.5. The Balaban J connectivity index is 1.50. The molecule has 8 nitrogen and oxygen atoms in total. The van der Waals surface area contributed by atoms with Crippen LogP contribution in [0, 0.1) is 0 Å². The van der Waals surface area contributed by atoms with E-state index >= 15 is 0 Å². The first-order valence-electron chi connectivity index (χ1n) is 9.52. The highest BCUT2D eigenvalue weighted by Crippen LogP contribution is 2.50. The van der Waals surface area contributed by atoms with Crippen molar-refractivity contribution in [3.8, 4) is 0 Å². The lowest BCUT2D eigenvalue weighted by atomic mass is 9.88. The minimum atomic E-state index is -4.67. The first kappa shape index (κ1) is 21.2. The van der Waals surface area contributed by atoms with Crippen molar-refractivity contribution in [2.24, 2.45) is 0 Å². The predicted octanol–water partition coefficient (Wildman–Crippen LogP) is 4.42. The van der Waals surface area contributed by atoms with Gasteiger partial charge in [0.1, 0.15) is 5.41 Å². The van der Waals surface area contributed by atoms with Crippen molar-refractivity contribution < 1.29 is 22.7 Å². The third-order valence-corrected chi connectivity index (χ3v) is 6.23. The Hall–Kier alpha value is -2.63. The van der Waals surface area contributed by atoms with Gasteiger partial charge in [-0.1, -0.05) is 23.2 Å². The lowest BCUT2D eigenvalue weighted by Crippen LogP contribution is -2.46. The van der Waals surface area contributed by atoms with Crippen molar-refractivity contribution in [2.75, 3.05) is 30.0 Å². The van der Waals surface area contributed by atoms with Crippen LogP contribution < -0.4 is 10.2 Å². The van der Waals surface area contributed by atoms with Crippen molar-refractivity contribution in [3.05, 3.63) is 46.1 Å². The minimum absolute atomic E-state index is 0.00371. The summed E-state index contributed by atoms with van der Waals surface area (Å²) in [5.41, 5.74) is -1.57. The number of anilines is 2. The molecule has 1 atom stereocenters. The fraction of sp³-hybridized carbons (Fsp3) is 0.368. The maximum atomic E-state index is 14.1. The van der Waals surface area contributed by atoms with Gasteiger partial charge in [0.2, 0.25) is 0 Å². The predicted molar refractivity (Wildman–Crippen MR) is 111 cm³/mol. The second kappa shape index (κ2) is 7.19. The Morgan fingerprint density at radius 3 is 2.62 bits per heavy atom. The molecule has 1 saturated heterocycles. The Morgan fingerprint density at radius 1 is 1.25 bits per heavy atom. The summed E-state index contributed by atoms with van der Waals surface area (Å²) < 4.78 is 48.6. The van der Waals surface area contributed by atoms with Crippen LogP contribution in [-0.2, 0) is 10.2 Å². The van der Waals surface area contributed by atoms with Crippen LogP contribution in [-0.4, -0.2) is 51.5 Å². The van der Waals surface area contributed by atoms with Crippen molar-refractivity contribution >= 4 is 46.3 Å². The van der Waals surface area contributed by atoms with Gasteiger partial charge in [-0.15, -0.1) is 0 Å². The second-order valence-electron chi connectivity index (χ2n) is 7.90. The number of urea groups is 1. The third kappa shape index (κ3) is 3.18. The third-order valence-electron chi connectivity index (χ3n) is 5.74. The van der Waals surface area contributed by atoms with Crippen LogP contribution >= 0.6 is 23.2 Å². The van der Waals surface area contributed by atoms with E-state index in [-0.39, 0.29) is 33.8 Å². The summed E-state index contributed by atoms with van der Waals surface area (Å²) in [7, 11) is 0. The quantitative estimate of drug-likeness (QED) is 0.579. The van der Waals surface area contributed by atoms with Crippen LogP contribution in [0.2, 0.25) is 10.2 Å². The first-order valence-corrected chi connectivity index (χ1v) is 10.3. The number of nitrogens with zero attached hydrogens (tertiary/aromatic N) is 5. The van der Waals surface area contributed by atoms with Gasteiger partial charge >= 0.3 is 12.2 Å². The van der Waals surface area contributed by atoms with E-state index in [1.807, 2.05) is 0 Å². The van der Waals surface area contributed by atoms with Crippen LogP contribution in [0.1, 0.15) is 24.2 Å². The van der Waals surface area contributed by atoms with Gasteiger partial charge in [-0.25, -0.2) is 14.3 Å². The molecular formula is C19H15Cl2F3N6O2. The molecule has 0 aromatic carbocycles. The summed E-state index contributed by atoms with van der Waals surface area (Å²) in [6.07, 6.45) is -2.04. The van der Waals surface area contributed by atoms with Crippen molar-refractivity contribution in [1.29, 1.82) is 0 Å². The molecule has 1 fully saturated rings. The molecule has 0 unspecified atom stereocenters. The van der Waals surface area contributed by atoms with E-state index in [0.717, 1.165) is 16.3 Å². The Morgan fingerprint density at radius 2 is 2.00 bits per heavy atom. The molecule has 0 saturated carbocycles. The van der Waals surface area contributed by atoms with Crippen LogP contribution in [0.5, 0.6) is 0 Å². The molecule has 2 amide bonds. The molecule has 5 rings (SSSR count). The van der Waals surface area contributed by atoms with E-state index < -0.39 is 24.2 Å². The zero-order valence-electron chi connectivity index (χ0n) is 16.5. The normalized spacial score (nSPS) is 21.0. The number of carbonyl (C=O) groups is 1. The monoisotopic (exact) mass is 486 g/mol. The van der Waals surface area contributed by atoms with Gasteiger partial charge in [0.05, 0.1) is 53.4 Å². The number of pyridine rings is 1. The molecule has 32 heavy (non-hydrogen) atoms. The molecule has 5 heterocycles. The van der Waals surface area contributed by atoms with E-state index in [9.17, 15) is 18.0 Å². The largest absolute Gasteiger partial charge is 0.401 e. The van der Waals surface area contributed by atoms with E-state index in [2.05, 4.69) is 20.4 Å². The molecule has 3 aromatic heterocycles. The number of alkyl halides is 3. The van der Waals surface area contributed by atoms with Gasteiger partial charge in [0, 0.05) is 18.5 Å². The van der Waals surface area contributed by atoms with Crippen LogP contribution in [0.3, 0.4) is 0 Å². The molecular weight excluding hydrogens is 472 g/mol. The lowest BCUT2D eigenvalue weighted by molar-refractivity contribution is -0.181. The van der Waals surface area contributed by atoms with Crippen molar-refractivity contribution in [3.63, 3.8) is 0 Å². The molecule has 1 N–H and O–H groups in total. The maximum absolute atomic E-state index is 14.1. The average Bonchev–Trinajstić information content (AvgIpc) is 3.19. The summed E-state index contributed by atoms with van der Waals surface area (Å²) in [5.74, 6) is 0.0829. The number of fused-ring (bicyclic) bond motifs is 3. The number of ether oxygens (including phenoxy) is 1. The lowest BCUT2D eigenvalue weighted by Gasteiger charge is -2.28. The zero-order valence-corrected chi connectivity index (χ0v) is 18.0. The number of nitrogens with one attached hydrogen (secondary N) is 1. The highest BCUT2D eigenvalue weighted by Gasteiger charge is 2.60. The van der Waals surface area contributed by atoms with E-state index in [1.54, 1.807) is 0 Å². The van der Waals surface area contributed by atoms with Crippen LogP contribution in [0.25, 0.3) is 5.65 Å². The topological polar surface area (TPSA) is 84.7 Å². The molecule has 2 aliphatic rings. The van der Waals surface area contributed by atoms with E-state index in [4.69, 9.17) is 27.9 Å². The number of carbonyl (C=O) groups excluding carboxylic acids is 1. The van der Waals surface area contributed by atoms with E-state index in [1.165, 1.54) is 24.5 Å². The molecule has 3 aromatic rings. The number of amides is 2. The SMILES string of the molecule is C[C@@]1(C(F)(F)F)CN(C(=O)Nc2cnc(C3COC3)c(Cl)c2)c2cnc3cc(Cl)nn3c21. The molecule has 168 valence electrons. The standard InChI is InChI=1S/C19H15Cl2F3N6O2/c1-18(19(22,23)24)8-29(12-5-25-14-3-13(21)28-30(14)16(12)18)17(31)27-10-2-11(20)15(26-4-10)9-6-32-7-9/h2-5,9H,6-8H2,1H3,(H,27,31)/t18-/m1/s1. The summed E-state index contributed by atoms with van der Waals surface area (Å²) in [5, 5.41) is 6.85. The number of hydrogen-bond acceptors (Lipinski definition) is 5. The Kier molecular flexibility index (Phi) is 4.77. The fourth-order valence-corrected chi connectivity index (χ4v) is 4.39. The fourth-order valence-electron chi connectivity index (χ4n) is 3.89. The smallest absolute Gasteiger partial charge is 0.380 e. The zero-order chi connectivity index (χ0) is 22.8. The first-order chi connectivity index (χ1) is 15.1. The van der Waals surface area contributed by atoms with Gasteiger partial charge in [-0.3, -0.25) is 9.88 Å². The maximum Gasteiger partial charge on any atom is 0.401 e. The average molecular weight is 487 g/mol. The number of halogens is 5. The second-order valence-corrected chi connectivity index (χ2v) is 8.70. The van der Waals surface area contributed by atoms with E-state index in [0.29, 0.717) is 23.9 Å². The van der Waals surface area contributed by atoms with Gasteiger partial charge in [-0.2, -0.15) is 18.3 Å². The van der Waals surface area contributed by atoms with Crippen molar-refractivity contribution in [1.82, 2.24) is 19.6 Å². The van der Waals surface area contributed by atoms with Gasteiger partial charge in [0.25, 0.3) is 0 Å². The Bertz CT molecular complexity index is 1250. The molecule has 0 bridgehead atoms. The minimum Gasteiger partial charge on any atom is -0.380 e. The van der Waals surface area contributed by atoms with Gasteiger partial charge in [-0.05, 0) is 13.0 Å². The van der Waals surface area contributed by atoms with Gasteiger partial charge in [0.15, 0.2) is 10.8 Å².